The Kier molecular flexibility index (Phi) is 5.52. The number of alkyl halides is 3. The molecule has 1 N–H and O–H groups in total. The molecule has 0 saturated heterocycles. The Morgan fingerprint density at radius 2 is 1.91 bits per heavy atom. The number of hydrogen-bond donors (Lipinski definition) is 1. The molecule has 2 aromatic heterocycles. The fourth-order valence-corrected chi connectivity index (χ4v) is 3.65. The molecular formula is C23H20F3N5O2. The zero-order valence-corrected chi connectivity index (χ0v) is 18.0. The number of rotatable bonds is 4. The summed E-state index contributed by atoms with van der Waals surface area (Å²) in [5.74, 6) is -0.155. The molecule has 0 radical (unpaired) electrons. The monoisotopic (exact) mass is 455 g/mol. The van der Waals surface area contributed by atoms with Crippen LogP contribution in [0, 0.1) is 0 Å². The number of hydrogen-bond acceptors (Lipinski definition) is 4. The fourth-order valence-electron chi connectivity index (χ4n) is 3.65. The van der Waals surface area contributed by atoms with Gasteiger partial charge in [0.15, 0.2) is 0 Å². The average molecular weight is 455 g/mol. The van der Waals surface area contributed by atoms with Crippen molar-refractivity contribution < 1.29 is 18.0 Å². The summed E-state index contributed by atoms with van der Waals surface area (Å²) in [4.78, 5) is 31.2. The first-order chi connectivity index (χ1) is 15.6. The van der Waals surface area contributed by atoms with Crippen LogP contribution in [0.3, 0.4) is 0 Å². The number of aromatic nitrogens is 4. The standard InChI is InChI=1S/C23H20F3N5O2/c1-13(14-5-4-6-16(9-14)21(32)30(2)3)31-12-27-19-10-15(7-8-17(19)22(31)33)18-11-28-29-20(18)23(24,25)26/h4-13H,1-3H3,(H,28,29)/t13-/m1/s1. The molecule has 0 aliphatic carbocycles. The van der Waals surface area contributed by atoms with Crippen molar-refractivity contribution in [2.24, 2.45) is 0 Å². The minimum atomic E-state index is -4.59. The third-order valence-electron chi connectivity index (χ3n) is 5.46. The molecule has 0 unspecified atom stereocenters. The summed E-state index contributed by atoms with van der Waals surface area (Å²) >= 11 is 0. The van der Waals surface area contributed by atoms with Crippen molar-refractivity contribution in [3.8, 4) is 11.1 Å². The van der Waals surface area contributed by atoms with Crippen molar-refractivity contribution >= 4 is 16.8 Å². The zero-order valence-electron chi connectivity index (χ0n) is 18.0. The van der Waals surface area contributed by atoms with Gasteiger partial charge in [-0.3, -0.25) is 19.3 Å². The third-order valence-corrected chi connectivity index (χ3v) is 5.46. The van der Waals surface area contributed by atoms with Gasteiger partial charge in [0.1, 0.15) is 5.69 Å². The summed E-state index contributed by atoms with van der Waals surface area (Å²) < 4.78 is 41.1. The lowest BCUT2D eigenvalue weighted by molar-refractivity contribution is -0.140. The highest BCUT2D eigenvalue weighted by Gasteiger charge is 2.36. The van der Waals surface area contributed by atoms with Gasteiger partial charge in [-0.1, -0.05) is 18.2 Å². The molecule has 0 aliphatic rings. The molecular weight excluding hydrogens is 435 g/mol. The van der Waals surface area contributed by atoms with E-state index in [0.29, 0.717) is 5.56 Å². The van der Waals surface area contributed by atoms with Crippen molar-refractivity contribution in [3.05, 3.63) is 82.2 Å². The number of nitrogens with zero attached hydrogens (tertiary/aromatic N) is 4. The molecule has 10 heteroatoms. The van der Waals surface area contributed by atoms with Gasteiger partial charge in [0.05, 0.1) is 29.5 Å². The normalized spacial score (nSPS) is 12.7. The van der Waals surface area contributed by atoms with Gasteiger partial charge in [0.25, 0.3) is 11.5 Å². The van der Waals surface area contributed by atoms with Crippen LogP contribution in [0.25, 0.3) is 22.0 Å². The third kappa shape index (κ3) is 4.11. The average Bonchev–Trinajstić information content (AvgIpc) is 3.29. The van der Waals surface area contributed by atoms with Gasteiger partial charge in [-0.05, 0) is 42.3 Å². The maximum Gasteiger partial charge on any atom is 0.433 e. The van der Waals surface area contributed by atoms with Crippen molar-refractivity contribution in [3.63, 3.8) is 0 Å². The van der Waals surface area contributed by atoms with Crippen molar-refractivity contribution in [1.82, 2.24) is 24.6 Å². The Hall–Kier alpha value is -3.95. The van der Waals surface area contributed by atoms with Crippen LogP contribution < -0.4 is 5.56 Å². The van der Waals surface area contributed by atoms with Gasteiger partial charge in [0.2, 0.25) is 0 Å². The summed E-state index contributed by atoms with van der Waals surface area (Å²) in [6.07, 6.45) is -2.13. The molecule has 1 atom stereocenters. The predicted octanol–water partition coefficient (Wildman–Crippen LogP) is 4.12. The molecule has 2 aromatic carbocycles. The van der Waals surface area contributed by atoms with Crippen molar-refractivity contribution in [1.29, 1.82) is 0 Å². The van der Waals surface area contributed by atoms with Crippen LogP contribution in [0.4, 0.5) is 13.2 Å². The number of fused-ring (bicyclic) bond motifs is 1. The lowest BCUT2D eigenvalue weighted by Gasteiger charge is -2.17. The van der Waals surface area contributed by atoms with Gasteiger partial charge in [0, 0.05) is 25.2 Å². The molecule has 2 heterocycles. The van der Waals surface area contributed by atoms with Crippen LogP contribution >= 0.6 is 0 Å². The Labute approximate surface area is 186 Å². The van der Waals surface area contributed by atoms with E-state index in [2.05, 4.69) is 10.1 Å². The Morgan fingerprint density at radius 3 is 2.61 bits per heavy atom. The minimum Gasteiger partial charge on any atom is -0.345 e. The van der Waals surface area contributed by atoms with E-state index in [1.54, 1.807) is 32.3 Å². The molecule has 0 fully saturated rings. The van der Waals surface area contributed by atoms with E-state index in [-0.39, 0.29) is 33.5 Å². The number of carbonyl (C=O) groups excluding carboxylic acids is 1. The van der Waals surface area contributed by atoms with E-state index in [4.69, 9.17) is 0 Å². The maximum absolute atomic E-state index is 13.2. The SMILES string of the molecule is C[C@H](c1cccc(C(=O)N(C)C)c1)n1cnc2cc(-c3cn[nH]c3C(F)(F)F)ccc2c1=O. The smallest absolute Gasteiger partial charge is 0.345 e. The molecule has 33 heavy (non-hydrogen) atoms. The van der Waals surface area contributed by atoms with E-state index >= 15 is 0 Å². The van der Waals surface area contributed by atoms with Crippen molar-refractivity contribution in [2.45, 2.75) is 19.1 Å². The number of H-pyrrole nitrogens is 1. The lowest BCUT2D eigenvalue weighted by Crippen LogP contribution is -2.25. The highest BCUT2D eigenvalue weighted by atomic mass is 19.4. The Morgan fingerprint density at radius 1 is 1.15 bits per heavy atom. The van der Waals surface area contributed by atoms with E-state index < -0.39 is 17.9 Å². The summed E-state index contributed by atoms with van der Waals surface area (Å²) in [6, 6.07) is 10.9. The largest absolute Gasteiger partial charge is 0.433 e. The second-order valence-corrected chi connectivity index (χ2v) is 7.85. The minimum absolute atomic E-state index is 0.119. The van der Waals surface area contributed by atoms with Gasteiger partial charge in [-0.25, -0.2) is 4.98 Å². The molecule has 1 amide bonds. The lowest BCUT2D eigenvalue weighted by atomic mass is 10.0. The van der Waals surface area contributed by atoms with Crippen LogP contribution in [-0.4, -0.2) is 44.7 Å². The summed E-state index contributed by atoms with van der Waals surface area (Å²) in [7, 11) is 3.32. The summed E-state index contributed by atoms with van der Waals surface area (Å²) in [5.41, 5.74) is 0.337. The number of nitrogens with one attached hydrogen (secondary N) is 1. The van der Waals surface area contributed by atoms with Gasteiger partial charge < -0.3 is 4.90 Å². The summed E-state index contributed by atoms with van der Waals surface area (Å²) in [5, 5.41) is 5.75. The first kappa shape index (κ1) is 22.3. The van der Waals surface area contributed by atoms with Crippen LogP contribution in [0.1, 0.15) is 34.6 Å². The fraction of sp³-hybridized carbons (Fsp3) is 0.217. The van der Waals surface area contributed by atoms with E-state index in [0.717, 1.165) is 11.8 Å². The van der Waals surface area contributed by atoms with Crippen LogP contribution in [0.15, 0.2) is 59.8 Å². The summed E-state index contributed by atoms with van der Waals surface area (Å²) in [6.45, 7) is 1.81. The maximum atomic E-state index is 13.2. The highest BCUT2D eigenvalue weighted by Crippen LogP contribution is 2.35. The molecule has 4 aromatic rings. The second kappa shape index (κ2) is 8.19. The van der Waals surface area contributed by atoms with Crippen molar-refractivity contribution in [2.75, 3.05) is 14.1 Å². The van der Waals surface area contributed by atoms with E-state index in [1.807, 2.05) is 18.1 Å². The van der Waals surface area contributed by atoms with Crippen LogP contribution in [0.2, 0.25) is 0 Å². The zero-order chi connectivity index (χ0) is 23.9. The first-order valence-corrected chi connectivity index (χ1v) is 10.0. The second-order valence-electron chi connectivity index (χ2n) is 7.85. The molecule has 0 aliphatic heterocycles. The van der Waals surface area contributed by atoms with Gasteiger partial charge >= 0.3 is 6.18 Å². The number of halogens is 3. The predicted molar refractivity (Wildman–Crippen MR) is 117 cm³/mol. The highest BCUT2D eigenvalue weighted by molar-refractivity contribution is 5.94. The molecule has 4 rings (SSSR count). The van der Waals surface area contributed by atoms with E-state index in [9.17, 15) is 22.8 Å². The van der Waals surface area contributed by atoms with Gasteiger partial charge in [-0.2, -0.15) is 18.3 Å². The van der Waals surface area contributed by atoms with E-state index in [1.165, 1.54) is 34.0 Å². The first-order valence-electron chi connectivity index (χ1n) is 10.0. The molecule has 0 spiro atoms. The number of aromatic amines is 1. The molecule has 0 saturated carbocycles. The van der Waals surface area contributed by atoms with Crippen LogP contribution in [0.5, 0.6) is 0 Å². The number of amides is 1. The number of carbonyl (C=O) groups is 1. The quantitative estimate of drug-likeness (QED) is 0.502. The van der Waals surface area contributed by atoms with Crippen LogP contribution in [-0.2, 0) is 6.18 Å². The Bertz CT molecular complexity index is 1410. The molecule has 170 valence electrons. The van der Waals surface area contributed by atoms with Gasteiger partial charge in [-0.15, -0.1) is 0 Å². The molecule has 7 nitrogen and oxygen atoms in total. The number of benzene rings is 2. The Balaban J connectivity index is 1.74. The topological polar surface area (TPSA) is 83.9 Å². The molecule has 0 bridgehead atoms.